The number of hydrogen-bond acceptors (Lipinski definition) is 3. The second kappa shape index (κ2) is 8.79. The summed E-state index contributed by atoms with van der Waals surface area (Å²) in [5, 5.41) is 9.42. The molecule has 2 rings (SSSR count). The number of phenols is 1. The predicted octanol–water partition coefficient (Wildman–Crippen LogP) is 4.23. The molecule has 0 saturated heterocycles. The van der Waals surface area contributed by atoms with Gasteiger partial charge in [-0.3, -0.25) is 4.79 Å². The number of esters is 1. The first-order valence-electron chi connectivity index (χ1n) is 7.84. The van der Waals surface area contributed by atoms with Crippen molar-refractivity contribution in [3.63, 3.8) is 0 Å². The molecule has 1 N–H and O–H groups in total. The molecule has 2 aromatic carbocycles. The lowest BCUT2D eigenvalue weighted by atomic mass is 9.94. The van der Waals surface area contributed by atoms with E-state index in [1.165, 1.54) is 5.56 Å². The van der Waals surface area contributed by atoms with Crippen molar-refractivity contribution in [2.24, 2.45) is 0 Å². The molecule has 0 aliphatic rings. The van der Waals surface area contributed by atoms with Gasteiger partial charge in [0.25, 0.3) is 0 Å². The van der Waals surface area contributed by atoms with Crippen molar-refractivity contribution in [1.29, 1.82) is 0 Å². The Morgan fingerprint density at radius 1 is 1.13 bits per heavy atom. The number of benzene rings is 2. The molecule has 0 bridgehead atoms. The summed E-state index contributed by atoms with van der Waals surface area (Å²) >= 11 is 0. The molecule has 0 unspecified atom stereocenters. The van der Waals surface area contributed by atoms with Crippen LogP contribution in [-0.2, 0) is 16.0 Å². The van der Waals surface area contributed by atoms with Crippen molar-refractivity contribution in [3.05, 3.63) is 77.9 Å². The molecule has 0 spiro atoms. The molecule has 0 saturated carbocycles. The lowest BCUT2D eigenvalue weighted by Crippen LogP contribution is -2.09. The van der Waals surface area contributed by atoms with E-state index in [0.29, 0.717) is 13.0 Å². The van der Waals surface area contributed by atoms with Gasteiger partial charge < -0.3 is 9.84 Å². The molecule has 2 aromatic rings. The van der Waals surface area contributed by atoms with E-state index in [0.717, 1.165) is 12.0 Å². The first kappa shape index (κ1) is 16.8. The molecule has 0 fully saturated rings. The van der Waals surface area contributed by atoms with E-state index in [1.54, 1.807) is 19.1 Å². The Labute approximate surface area is 137 Å². The Morgan fingerprint density at radius 2 is 1.83 bits per heavy atom. The molecule has 3 heteroatoms. The van der Waals surface area contributed by atoms with E-state index >= 15 is 0 Å². The van der Waals surface area contributed by atoms with Gasteiger partial charge in [0, 0.05) is 5.92 Å². The Balaban J connectivity index is 2.09. The predicted molar refractivity (Wildman–Crippen MR) is 91.4 cm³/mol. The minimum absolute atomic E-state index is 0.0571. The molecule has 0 radical (unpaired) electrons. The van der Waals surface area contributed by atoms with E-state index in [1.807, 2.05) is 36.4 Å². The fourth-order valence-corrected chi connectivity index (χ4v) is 2.40. The van der Waals surface area contributed by atoms with Crippen LogP contribution in [0.3, 0.4) is 0 Å². The van der Waals surface area contributed by atoms with Gasteiger partial charge in [-0.1, -0.05) is 54.6 Å². The Hall–Kier alpha value is -2.55. The summed E-state index contributed by atoms with van der Waals surface area (Å²) in [5.74, 6) is -0.0507. The molecule has 0 aliphatic heterocycles. The molecule has 120 valence electrons. The maximum atomic E-state index is 11.8. The first-order chi connectivity index (χ1) is 11.2. The summed E-state index contributed by atoms with van der Waals surface area (Å²) in [6.07, 6.45) is 5.23. The number of hydrogen-bond donors (Lipinski definition) is 1. The smallest absolute Gasteiger partial charge is 0.306 e. The average molecular weight is 310 g/mol. The number of ether oxygens (including phenoxy) is 1. The SMILES string of the molecule is CCOC(=O)C[C@@H](C=CCc1ccccc1)c1ccc(O)cc1. The maximum absolute atomic E-state index is 11.8. The van der Waals surface area contributed by atoms with Crippen LogP contribution in [-0.4, -0.2) is 17.7 Å². The number of carbonyl (C=O) groups excluding carboxylic acids is 1. The van der Waals surface area contributed by atoms with Crippen LogP contribution in [0.2, 0.25) is 0 Å². The fourth-order valence-electron chi connectivity index (χ4n) is 2.40. The molecule has 0 aliphatic carbocycles. The molecule has 0 amide bonds. The summed E-state index contributed by atoms with van der Waals surface area (Å²) < 4.78 is 5.06. The third-order valence-electron chi connectivity index (χ3n) is 3.58. The van der Waals surface area contributed by atoms with Gasteiger partial charge in [0.1, 0.15) is 5.75 Å². The monoisotopic (exact) mass is 310 g/mol. The summed E-state index contributed by atoms with van der Waals surface area (Å²) in [7, 11) is 0. The van der Waals surface area contributed by atoms with Crippen LogP contribution in [0.15, 0.2) is 66.7 Å². The zero-order valence-electron chi connectivity index (χ0n) is 13.3. The molecule has 1 atom stereocenters. The standard InChI is InChI=1S/C20H22O3/c1-2-23-20(22)15-18(17-11-13-19(21)14-12-17)10-6-9-16-7-4-3-5-8-16/h3-8,10-14,18,21H,2,9,15H2,1H3/t18-/m1/s1. The molecular weight excluding hydrogens is 288 g/mol. The normalized spacial score (nSPS) is 12.2. The summed E-state index contributed by atoms with van der Waals surface area (Å²) in [5.41, 5.74) is 2.21. The lowest BCUT2D eigenvalue weighted by Gasteiger charge is -2.13. The highest BCUT2D eigenvalue weighted by Crippen LogP contribution is 2.24. The Bertz CT molecular complexity index is 630. The number of allylic oxidation sites excluding steroid dienone is 2. The van der Waals surface area contributed by atoms with Crippen LogP contribution in [0.4, 0.5) is 0 Å². The Kier molecular flexibility index (Phi) is 6.42. The van der Waals surface area contributed by atoms with Crippen molar-refractivity contribution < 1.29 is 14.6 Å². The summed E-state index contributed by atoms with van der Waals surface area (Å²) in [6, 6.07) is 17.1. The van der Waals surface area contributed by atoms with Crippen LogP contribution < -0.4 is 0 Å². The zero-order valence-corrected chi connectivity index (χ0v) is 13.3. The highest BCUT2D eigenvalue weighted by Gasteiger charge is 2.14. The lowest BCUT2D eigenvalue weighted by molar-refractivity contribution is -0.143. The number of rotatable bonds is 7. The van der Waals surface area contributed by atoms with Crippen molar-refractivity contribution in [2.75, 3.05) is 6.61 Å². The third-order valence-corrected chi connectivity index (χ3v) is 3.58. The number of carbonyl (C=O) groups is 1. The van der Waals surface area contributed by atoms with Gasteiger partial charge in [0.15, 0.2) is 0 Å². The largest absolute Gasteiger partial charge is 0.508 e. The molecule has 0 aromatic heterocycles. The van der Waals surface area contributed by atoms with Gasteiger partial charge in [-0.25, -0.2) is 0 Å². The van der Waals surface area contributed by atoms with E-state index in [9.17, 15) is 9.90 Å². The number of phenolic OH excluding ortho intramolecular Hbond substituents is 1. The van der Waals surface area contributed by atoms with Gasteiger partial charge in [0.05, 0.1) is 13.0 Å². The van der Waals surface area contributed by atoms with Crippen molar-refractivity contribution in [3.8, 4) is 5.75 Å². The van der Waals surface area contributed by atoms with Crippen LogP contribution in [0.25, 0.3) is 0 Å². The molecule has 3 nitrogen and oxygen atoms in total. The fraction of sp³-hybridized carbons (Fsp3) is 0.250. The first-order valence-corrected chi connectivity index (χ1v) is 7.84. The topological polar surface area (TPSA) is 46.5 Å². The average Bonchev–Trinajstić information content (AvgIpc) is 2.56. The molecule has 0 heterocycles. The van der Waals surface area contributed by atoms with E-state index in [-0.39, 0.29) is 17.6 Å². The molecular formula is C20H22O3. The highest BCUT2D eigenvalue weighted by atomic mass is 16.5. The van der Waals surface area contributed by atoms with E-state index in [4.69, 9.17) is 4.74 Å². The van der Waals surface area contributed by atoms with Gasteiger partial charge in [-0.2, -0.15) is 0 Å². The summed E-state index contributed by atoms with van der Waals surface area (Å²) in [4.78, 5) is 11.8. The second-order valence-corrected chi connectivity index (χ2v) is 5.33. The van der Waals surface area contributed by atoms with Crippen molar-refractivity contribution in [1.82, 2.24) is 0 Å². The number of aromatic hydroxyl groups is 1. The van der Waals surface area contributed by atoms with E-state index in [2.05, 4.69) is 18.2 Å². The second-order valence-electron chi connectivity index (χ2n) is 5.33. The molecule has 23 heavy (non-hydrogen) atoms. The minimum Gasteiger partial charge on any atom is -0.508 e. The van der Waals surface area contributed by atoms with Crippen molar-refractivity contribution in [2.45, 2.75) is 25.7 Å². The third kappa shape index (κ3) is 5.62. The summed E-state index contributed by atoms with van der Waals surface area (Å²) in [6.45, 7) is 2.19. The van der Waals surface area contributed by atoms with Gasteiger partial charge in [0.2, 0.25) is 0 Å². The highest BCUT2D eigenvalue weighted by molar-refractivity contribution is 5.71. The van der Waals surface area contributed by atoms with Crippen LogP contribution in [0.1, 0.15) is 30.4 Å². The van der Waals surface area contributed by atoms with Gasteiger partial charge >= 0.3 is 5.97 Å². The minimum atomic E-state index is -0.213. The van der Waals surface area contributed by atoms with Gasteiger partial charge in [-0.05, 0) is 36.6 Å². The zero-order chi connectivity index (χ0) is 16.5. The van der Waals surface area contributed by atoms with Crippen LogP contribution >= 0.6 is 0 Å². The van der Waals surface area contributed by atoms with E-state index < -0.39 is 0 Å². The van der Waals surface area contributed by atoms with Crippen LogP contribution in [0.5, 0.6) is 5.75 Å². The van der Waals surface area contributed by atoms with Crippen molar-refractivity contribution >= 4 is 5.97 Å². The Morgan fingerprint density at radius 3 is 2.48 bits per heavy atom. The maximum Gasteiger partial charge on any atom is 0.306 e. The van der Waals surface area contributed by atoms with Gasteiger partial charge in [-0.15, -0.1) is 0 Å². The quantitative estimate of drug-likeness (QED) is 0.615. The van der Waals surface area contributed by atoms with Crippen LogP contribution in [0, 0.1) is 0 Å².